The monoisotopic (exact) mass is 467 g/mol. The largest absolute Gasteiger partial charge is 0.312 e. The Morgan fingerprint density at radius 3 is 2.58 bits per heavy atom. The Hall–Kier alpha value is -3.04. The van der Waals surface area contributed by atoms with Gasteiger partial charge in [0.1, 0.15) is 5.82 Å². The van der Waals surface area contributed by atoms with E-state index in [1.54, 1.807) is 35.2 Å². The van der Waals surface area contributed by atoms with Crippen LogP contribution in [-0.2, 0) is 4.79 Å². The van der Waals surface area contributed by atoms with Gasteiger partial charge in [0, 0.05) is 29.9 Å². The number of amides is 1. The van der Waals surface area contributed by atoms with Crippen LogP contribution in [0.15, 0.2) is 53.7 Å². The van der Waals surface area contributed by atoms with E-state index < -0.39 is 0 Å². The van der Waals surface area contributed by atoms with Gasteiger partial charge in [-0.25, -0.2) is 4.39 Å². The molecule has 0 spiro atoms. The fourth-order valence-electron chi connectivity index (χ4n) is 3.69. The number of hydrogen-bond acceptors (Lipinski definition) is 6. The van der Waals surface area contributed by atoms with Gasteiger partial charge in [-0.05, 0) is 63.8 Å². The molecule has 7 nitrogen and oxygen atoms in total. The average Bonchev–Trinajstić information content (AvgIpc) is 3.43. The second-order valence-corrected chi connectivity index (χ2v) is 9.15. The fourth-order valence-corrected chi connectivity index (χ4v) is 4.54. The highest BCUT2D eigenvalue weighted by atomic mass is 32.2. The molecule has 172 valence electrons. The maximum atomic E-state index is 13.5. The van der Waals surface area contributed by atoms with Crippen molar-refractivity contribution in [3.8, 4) is 5.69 Å². The summed E-state index contributed by atoms with van der Waals surface area (Å²) in [6.45, 7) is 2.69. The van der Waals surface area contributed by atoms with Gasteiger partial charge in [0.25, 0.3) is 0 Å². The lowest BCUT2D eigenvalue weighted by Crippen LogP contribution is -2.23. The van der Waals surface area contributed by atoms with E-state index in [0.717, 1.165) is 17.8 Å². The third-order valence-electron chi connectivity index (χ3n) is 5.78. The number of nitrogens with zero attached hydrogens (tertiary/aromatic N) is 5. The van der Waals surface area contributed by atoms with E-state index in [4.69, 9.17) is 0 Å². The van der Waals surface area contributed by atoms with Crippen LogP contribution in [0, 0.1) is 5.82 Å². The smallest absolute Gasteiger partial charge is 0.227 e. The Balaban J connectivity index is 1.56. The molecular weight excluding hydrogens is 441 g/mol. The maximum Gasteiger partial charge on any atom is 0.227 e. The molecule has 0 radical (unpaired) electrons. The molecule has 0 N–H and O–H groups in total. The van der Waals surface area contributed by atoms with Gasteiger partial charge >= 0.3 is 0 Å². The van der Waals surface area contributed by atoms with Gasteiger partial charge in [-0.15, -0.1) is 10.2 Å². The molecule has 1 atom stereocenters. The van der Waals surface area contributed by atoms with E-state index in [9.17, 15) is 14.0 Å². The van der Waals surface area contributed by atoms with Gasteiger partial charge in [-0.2, -0.15) is 0 Å². The molecule has 1 fully saturated rings. The number of benzene rings is 2. The number of thioether (sulfide) groups is 1. The van der Waals surface area contributed by atoms with E-state index >= 15 is 0 Å². The van der Waals surface area contributed by atoms with Crippen molar-refractivity contribution >= 4 is 29.1 Å². The molecule has 0 unspecified atom stereocenters. The number of carbonyl (C=O) groups is 2. The first-order valence-corrected chi connectivity index (χ1v) is 11.8. The summed E-state index contributed by atoms with van der Waals surface area (Å²) < 4.78 is 15.4. The topological polar surface area (TPSA) is 71.3 Å². The predicted molar refractivity (Wildman–Crippen MR) is 127 cm³/mol. The van der Waals surface area contributed by atoms with Crippen LogP contribution in [0.3, 0.4) is 0 Å². The van der Waals surface area contributed by atoms with Crippen LogP contribution in [0.4, 0.5) is 10.1 Å². The van der Waals surface area contributed by atoms with Crippen LogP contribution in [0.25, 0.3) is 5.69 Å². The SMILES string of the molecule is C[C@@H](c1nnc(SCC(=O)c2cccc(N3CCCC3=O)c2)n1-c1ccc(F)cc1)N(C)C. The van der Waals surface area contributed by atoms with E-state index in [0.29, 0.717) is 29.5 Å². The fraction of sp³-hybridized carbons (Fsp3) is 0.333. The number of carbonyl (C=O) groups excluding carboxylic acids is 2. The number of halogens is 1. The van der Waals surface area contributed by atoms with Crippen molar-refractivity contribution in [3.05, 3.63) is 65.7 Å². The van der Waals surface area contributed by atoms with Crippen molar-refractivity contribution in [2.75, 3.05) is 31.3 Å². The summed E-state index contributed by atoms with van der Waals surface area (Å²) in [5.74, 6) is 0.562. The molecule has 0 bridgehead atoms. The van der Waals surface area contributed by atoms with Gasteiger partial charge < -0.3 is 4.90 Å². The van der Waals surface area contributed by atoms with Crippen molar-refractivity contribution < 1.29 is 14.0 Å². The zero-order chi connectivity index (χ0) is 23.5. The third kappa shape index (κ3) is 4.99. The summed E-state index contributed by atoms with van der Waals surface area (Å²) in [6.07, 6.45) is 1.38. The summed E-state index contributed by atoms with van der Waals surface area (Å²) in [5, 5.41) is 9.25. The minimum absolute atomic E-state index is 0.0396. The van der Waals surface area contributed by atoms with E-state index in [-0.39, 0.29) is 29.3 Å². The first-order chi connectivity index (χ1) is 15.8. The molecule has 9 heteroatoms. The maximum absolute atomic E-state index is 13.5. The Morgan fingerprint density at radius 2 is 1.91 bits per heavy atom. The van der Waals surface area contributed by atoms with Crippen LogP contribution in [0.2, 0.25) is 0 Å². The molecule has 2 heterocycles. The standard InChI is InChI=1S/C24H26FN5O2S/c1-16(28(2)3)23-26-27-24(30(23)19-11-9-18(25)10-12-19)33-15-21(31)17-6-4-7-20(14-17)29-13-5-8-22(29)32/h4,6-7,9-12,14,16H,5,8,13,15H2,1-3H3/t16-/m0/s1. The van der Waals surface area contributed by atoms with E-state index in [1.807, 2.05) is 36.6 Å². The Kier molecular flexibility index (Phi) is 6.90. The minimum Gasteiger partial charge on any atom is -0.312 e. The number of hydrogen-bond donors (Lipinski definition) is 0. The Labute approximate surface area is 196 Å². The molecule has 1 amide bonds. The quantitative estimate of drug-likeness (QED) is 0.366. The van der Waals surface area contributed by atoms with Crippen LogP contribution in [0.5, 0.6) is 0 Å². The van der Waals surface area contributed by atoms with Crippen LogP contribution in [-0.4, -0.2) is 57.7 Å². The van der Waals surface area contributed by atoms with Gasteiger partial charge in [0.15, 0.2) is 16.8 Å². The van der Waals surface area contributed by atoms with Gasteiger partial charge in [0.2, 0.25) is 5.91 Å². The lowest BCUT2D eigenvalue weighted by molar-refractivity contribution is -0.117. The number of ketones is 1. The van der Waals surface area contributed by atoms with Crippen molar-refractivity contribution in [2.45, 2.75) is 31.0 Å². The highest BCUT2D eigenvalue weighted by Gasteiger charge is 2.24. The van der Waals surface area contributed by atoms with Gasteiger partial charge in [0.05, 0.1) is 11.8 Å². The first kappa shape index (κ1) is 23.1. The van der Waals surface area contributed by atoms with Gasteiger partial charge in [-0.3, -0.25) is 19.1 Å². The molecule has 1 aromatic heterocycles. The molecule has 1 aliphatic rings. The predicted octanol–water partition coefficient (Wildman–Crippen LogP) is 4.13. The molecule has 33 heavy (non-hydrogen) atoms. The van der Waals surface area contributed by atoms with Gasteiger partial charge in [-0.1, -0.05) is 23.9 Å². The van der Waals surface area contributed by atoms with Crippen LogP contribution < -0.4 is 4.90 Å². The number of anilines is 1. The number of rotatable bonds is 8. The van der Waals surface area contributed by atoms with Crippen molar-refractivity contribution in [1.29, 1.82) is 0 Å². The Bertz CT molecular complexity index is 1160. The average molecular weight is 468 g/mol. The molecule has 4 rings (SSSR count). The highest BCUT2D eigenvalue weighted by Crippen LogP contribution is 2.28. The van der Waals surface area contributed by atoms with Crippen molar-refractivity contribution in [2.24, 2.45) is 0 Å². The van der Waals surface area contributed by atoms with E-state index in [2.05, 4.69) is 10.2 Å². The lowest BCUT2D eigenvalue weighted by Gasteiger charge is -2.20. The number of aromatic nitrogens is 3. The lowest BCUT2D eigenvalue weighted by atomic mass is 10.1. The number of Topliss-reactive ketones (excluding diaryl/α,β-unsaturated/α-hetero) is 1. The van der Waals surface area contributed by atoms with Crippen molar-refractivity contribution in [1.82, 2.24) is 19.7 Å². The minimum atomic E-state index is -0.324. The molecular formula is C24H26FN5O2S. The summed E-state index contributed by atoms with van der Waals surface area (Å²) >= 11 is 1.28. The van der Waals surface area contributed by atoms with Crippen molar-refractivity contribution in [3.63, 3.8) is 0 Å². The van der Waals surface area contributed by atoms with E-state index in [1.165, 1.54) is 23.9 Å². The zero-order valence-electron chi connectivity index (χ0n) is 18.9. The highest BCUT2D eigenvalue weighted by molar-refractivity contribution is 7.99. The molecule has 1 saturated heterocycles. The molecule has 0 aliphatic carbocycles. The third-order valence-corrected chi connectivity index (χ3v) is 6.71. The summed E-state index contributed by atoms with van der Waals surface area (Å²) in [5.41, 5.74) is 2.04. The molecule has 2 aromatic carbocycles. The normalized spacial score (nSPS) is 14.8. The zero-order valence-corrected chi connectivity index (χ0v) is 19.7. The second kappa shape index (κ2) is 9.84. The summed E-state index contributed by atoms with van der Waals surface area (Å²) in [4.78, 5) is 28.8. The molecule has 0 saturated carbocycles. The van der Waals surface area contributed by atoms with Crippen LogP contribution >= 0.6 is 11.8 Å². The molecule has 3 aromatic rings. The summed E-state index contributed by atoms with van der Waals surface area (Å²) in [6, 6.07) is 13.3. The molecule has 1 aliphatic heterocycles. The second-order valence-electron chi connectivity index (χ2n) is 8.20. The summed E-state index contributed by atoms with van der Waals surface area (Å²) in [7, 11) is 3.89. The Morgan fingerprint density at radius 1 is 1.15 bits per heavy atom. The van der Waals surface area contributed by atoms with Crippen LogP contribution in [0.1, 0.15) is 42.0 Å². The first-order valence-electron chi connectivity index (χ1n) is 10.8.